The monoisotopic (exact) mass is 204 g/mol. The summed E-state index contributed by atoms with van der Waals surface area (Å²) in [7, 11) is 0. The van der Waals surface area contributed by atoms with E-state index in [1.54, 1.807) is 0 Å². The SMILES string of the molecule is FC(F)(OCC1CC1)C1CCCCC1. The Bertz CT molecular complexity index is 184. The van der Waals surface area contributed by atoms with Crippen LogP contribution in [-0.2, 0) is 4.74 Å². The van der Waals surface area contributed by atoms with E-state index < -0.39 is 12.0 Å². The summed E-state index contributed by atoms with van der Waals surface area (Å²) in [6.07, 6.45) is 3.54. The molecule has 0 aromatic rings. The zero-order chi connectivity index (χ0) is 10.0. The smallest absolute Gasteiger partial charge is 0.320 e. The first-order chi connectivity index (χ1) is 6.68. The summed E-state index contributed by atoms with van der Waals surface area (Å²) < 4.78 is 31.7. The van der Waals surface area contributed by atoms with E-state index in [0.717, 1.165) is 32.1 Å². The number of halogens is 2. The molecule has 2 rings (SSSR count). The molecule has 0 aliphatic heterocycles. The van der Waals surface area contributed by atoms with Crippen LogP contribution in [0.4, 0.5) is 8.78 Å². The second-order valence-electron chi connectivity index (χ2n) is 4.65. The highest BCUT2D eigenvalue weighted by atomic mass is 19.3. The Kier molecular flexibility index (Phi) is 3.05. The van der Waals surface area contributed by atoms with Gasteiger partial charge in [0, 0.05) is 0 Å². The normalized spacial score (nSPS) is 25.3. The van der Waals surface area contributed by atoms with Crippen molar-refractivity contribution >= 4 is 0 Å². The highest BCUT2D eigenvalue weighted by Gasteiger charge is 2.42. The van der Waals surface area contributed by atoms with Crippen molar-refractivity contribution in [3.8, 4) is 0 Å². The molecule has 2 aliphatic rings. The summed E-state index contributed by atoms with van der Waals surface area (Å²) in [5.41, 5.74) is 0. The van der Waals surface area contributed by atoms with E-state index >= 15 is 0 Å². The molecule has 0 radical (unpaired) electrons. The average Bonchev–Trinajstić information content (AvgIpc) is 3.00. The van der Waals surface area contributed by atoms with Crippen LogP contribution in [0.25, 0.3) is 0 Å². The highest BCUT2D eigenvalue weighted by Crippen LogP contribution is 2.39. The summed E-state index contributed by atoms with van der Waals surface area (Å²) in [6.45, 7) is 0.267. The van der Waals surface area contributed by atoms with E-state index in [0.29, 0.717) is 18.8 Å². The summed E-state index contributed by atoms with van der Waals surface area (Å²) in [4.78, 5) is 0. The molecule has 2 fully saturated rings. The lowest BCUT2D eigenvalue weighted by Crippen LogP contribution is -2.33. The minimum absolute atomic E-state index is 0.267. The van der Waals surface area contributed by atoms with Gasteiger partial charge in [0.25, 0.3) is 0 Å². The fourth-order valence-electron chi connectivity index (χ4n) is 2.07. The van der Waals surface area contributed by atoms with Gasteiger partial charge in [-0.2, -0.15) is 8.78 Å². The molecule has 0 amide bonds. The molecule has 0 spiro atoms. The van der Waals surface area contributed by atoms with Crippen LogP contribution in [0.5, 0.6) is 0 Å². The van der Waals surface area contributed by atoms with Crippen molar-refractivity contribution in [2.75, 3.05) is 6.61 Å². The van der Waals surface area contributed by atoms with Crippen molar-refractivity contribution in [3.05, 3.63) is 0 Å². The Morgan fingerprint density at radius 2 is 1.64 bits per heavy atom. The average molecular weight is 204 g/mol. The largest absolute Gasteiger partial charge is 0.358 e. The van der Waals surface area contributed by atoms with Crippen LogP contribution < -0.4 is 0 Å². The van der Waals surface area contributed by atoms with E-state index in [1.807, 2.05) is 0 Å². The Hall–Kier alpha value is -0.180. The predicted octanol–water partition coefficient (Wildman–Crippen LogP) is 3.59. The second-order valence-corrected chi connectivity index (χ2v) is 4.65. The van der Waals surface area contributed by atoms with Gasteiger partial charge in [0.05, 0.1) is 12.5 Å². The predicted molar refractivity (Wildman–Crippen MR) is 50.2 cm³/mol. The molecular formula is C11H18F2O. The number of rotatable bonds is 4. The maximum absolute atomic E-state index is 13.5. The van der Waals surface area contributed by atoms with Crippen molar-refractivity contribution in [1.29, 1.82) is 0 Å². The summed E-state index contributed by atoms with van der Waals surface area (Å²) >= 11 is 0. The van der Waals surface area contributed by atoms with Gasteiger partial charge < -0.3 is 4.74 Å². The highest BCUT2D eigenvalue weighted by molar-refractivity contribution is 4.76. The topological polar surface area (TPSA) is 9.23 Å². The third-order valence-corrected chi connectivity index (χ3v) is 3.29. The third-order valence-electron chi connectivity index (χ3n) is 3.29. The summed E-state index contributed by atoms with van der Waals surface area (Å²) in [5.74, 6) is -0.0977. The van der Waals surface area contributed by atoms with Crippen LogP contribution in [0.1, 0.15) is 44.9 Å². The van der Waals surface area contributed by atoms with Crippen LogP contribution in [0, 0.1) is 11.8 Å². The first-order valence-electron chi connectivity index (χ1n) is 5.70. The fourth-order valence-corrected chi connectivity index (χ4v) is 2.07. The standard InChI is InChI=1S/C11H18F2O/c12-11(13,14-8-9-6-7-9)10-4-2-1-3-5-10/h9-10H,1-8H2. The molecule has 0 unspecified atom stereocenters. The van der Waals surface area contributed by atoms with Crippen molar-refractivity contribution in [3.63, 3.8) is 0 Å². The van der Waals surface area contributed by atoms with Crippen LogP contribution >= 0.6 is 0 Å². The molecule has 0 saturated heterocycles. The molecule has 1 nitrogen and oxygen atoms in total. The lowest BCUT2D eigenvalue weighted by Gasteiger charge is -2.29. The quantitative estimate of drug-likeness (QED) is 0.680. The van der Waals surface area contributed by atoms with E-state index in [-0.39, 0.29) is 6.61 Å². The van der Waals surface area contributed by atoms with Gasteiger partial charge in [0.2, 0.25) is 0 Å². The van der Waals surface area contributed by atoms with Crippen molar-refractivity contribution in [2.24, 2.45) is 11.8 Å². The van der Waals surface area contributed by atoms with E-state index in [1.165, 1.54) is 0 Å². The van der Waals surface area contributed by atoms with E-state index in [2.05, 4.69) is 0 Å². The molecule has 0 N–H and O–H groups in total. The van der Waals surface area contributed by atoms with E-state index in [4.69, 9.17) is 4.74 Å². The van der Waals surface area contributed by atoms with Crippen molar-refractivity contribution in [2.45, 2.75) is 51.1 Å². The van der Waals surface area contributed by atoms with Gasteiger partial charge in [0.1, 0.15) is 0 Å². The fraction of sp³-hybridized carbons (Fsp3) is 1.00. The van der Waals surface area contributed by atoms with Crippen LogP contribution in [-0.4, -0.2) is 12.7 Å². The van der Waals surface area contributed by atoms with Gasteiger partial charge in [-0.25, -0.2) is 0 Å². The number of hydrogen-bond donors (Lipinski definition) is 0. The van der Waals surface area contributed by atoms with Crippen LogP contribution in [0.3, 0.4) is 0 Å². The molecule has 0 aromatic carbocycles. The minimum Gasteiger partial charge on any atom is -0.320 e. The number of alkyl halides is 2. The van der Waals surface area contributed by atoms with Gasteiger partial charge in [-0.1, -0.05) is 19.3 Å². The zero-order valence-corrected chi connectivity index (χ0v) is 8.48. The Morgan fingerprint density at radius 3 is 2.21 bits per heavy atom. The summed E-state index contributed by atoms with van der Waals surface area (Å²) in [5, 5.41) is 0. The maximum Gasteiger partial charge on any atom is 0.358 e. The molecule has 0 atom stereocenters. The number of ether oxygens (including phenoxy) is 1. The lowest BCUT2D eigenvalue weighted by molar-refractivity contribution is -0.277. The van der Waals surface area contributed by atoms with Gasteiger partial charge >= 0.3 is 6.11 Å². The van der Waals surface area contributed by atoms with Gasteiger partial charge in [-0.05, 0) is 31.6 Å². The molecule has 2 aliphatic carbocycles. The molecule has 82 valence electrons. The maximum atomic E-state index is 13.5. The van der Waals surface area contributed by atoms with Gasteiger partial charge in [-0.15, -0.1) is 0 Å². The van der Waals surface area contributed by atoms with Crippen LogP contribution in [0.15, 0.2) is 0 Å². The van der Waals surface area contributed by atoms with Gasteiger partial charge in [0.15, 0.2) is 0 Å². The zero-order valence-electron chi connectivity index (χ0n) is 8.48. The Balaban J connectivity index is 1.78. The molecule has 0 bridgehead atoms. The molecule has 14 heavy (non-hydrogen) atoms. The molecule has 3 heteroatoms. The molecular weight excluding hydrogens is 186 g/mol. The van der Waals surface area contributed by atoms with Crippen molar-refractivity contribution in [1.82, 2.24) is 0 Å². The van der Waals surface area contributed by atoms with Crippen molar-refractivity contribution < 1.29 is 13.5 Å². The van der Waals surface area contributed by atoms with E-state index in [9.17, 15) is 8.78 Å². The number of hydrogen-bond acceptors (Lipinski definition) is 1. The molecule has 0 heterocycles. The minimum atomic E-state index is -2.86. The van der Waals surface area contributed by atoms with Crippen LogP contribution in [0.2, 0.25) is 0 Å². The Labute approximate surface area is 83.8 Å². The first kappa shape index (κ1) is 10.3. The molecule has 2 saturated carbocycles. The molecule has 0 aromatic heterocycles. The first-order valence-corrected chi connectivity index (χ1v) is 5.70. The van der Waals surface area contributed by atoms with Gasteiger partial charge in [-0.3, -0.25) is 0 Å². The lowest BCUT2D eigenvalue weighted by atomic mass is 9.88. The second kappa shape index (κ2) is 4.13. The summed E-state index contributed by atoms with van der Waals surface area (Å²) in [6, 6.07) is 0. The Morgan fingerprint density at radius 1 is 1.00 bits per heavy atom. The third kappa shape index (κ3) is 2.66.